The molecule has 1 aromatic carbocycles. The number of carbonyl (C=O) groups is 1. The van der Waals surface area contributed by atoms with Crippen molar-refractivity contribution in [2.45, 2.75) is 52.1 Å². The van der Waals surface area contributed by atoms with E-state index in [1.54, 1.807) is 6.20 Å². The molecule has 4 nitrogen and oxygen atoms in total. The van der Waals surface area contributed by atoms with Gasteiger partial charge in [-0.05, 0) is 42.2 Å². The van der Waals surface area contributed by atoms with Gasteiger partial charge in [0.1, 0.15) is 11.9 Å². The molecule has 0 radical (unpaired) electrons. The van der Waals surface area contributed by atoms with E-state index < -0.39 is 0 Å². The molecule has 0 atom stereocenters. The number of benzene rings is 1. The maximum absolute atomic E-state index is 12.7. The Morgan fingerprint density at radius 3 is 2.27 bits per heavy atom. The second-order valence-electron chi connectivity index (χ2n) is 8.07. The predicted molar refractivity (Wildman–Crippen MR) is 104 cm³/mol. The van der Waals surface area contributed by atoms with Crippen molar-refractivity contribution in [2.75, 3.05) is 13.1 Å². The van der Waals surface area contributed by atoms with Crippen LogP contribution in [0.4, 0.5) is 0 Å². The minimum Gasteiger partial charge on any atom is -0.489 e. The van der Waals surface area contributed by atoms with Gasteiger partial charge in [-0.1, -0.05) is 32.9 Å². The fourth-order valence-corrected chi connectivity index (χ4v) is 3.19. The van der Waals surface area contributed by atoms with Gasteiger partial charge in [0, 0.05) is 37.2 Å². The molecule has 2 heterocycles. The van der Waals surface area contributed by atoms with Gasteiger partial charge in [-0.2, -0.15) is 0 Å². The van der Waals surface area contributed by atoms with Crippen molar-refractivity contribution >= 4 is 5.91 Å². The van der Waals surface area contributed by atoms with Gasteiger partial charge < -0.3 is 9.64 Å². The van der Waals surface area contributed by atoms with Crippen LogP contribution in [0.5, 0.6) is 5.75 Å². The fourth-order valence-electron chi connectivity index (χ4n) is 3.19. The molecule has 0 unspecified atom stereocenters. The summed E-state index contributed by atoms with van der Waals surface area (Å²) in [7, 11) is 0. The van der Waals surface area contributed by atoms with Crippen LogP contribution < -0.4 is 4.74 Å². The molecule has 0 spiro atoms. The number of hydrogen-bond donors (Lipinski definition) is 0. The molecule has 1 fully saturated rings. The number of nitrogens with zero attached hydrogens (tertiary/aromatic N) is 2. The van der Waals surface area contributed by atoms with Crippen LogP contribution in [0.25, 0.3) is 0 Å². The fraction of sp³-hybridized carbons (Fsp3) is 0.455. The highest BCUT2D eigenvalue weighted by atomic mass is 16.5. The molecule has 2 aromatic rings. The van der Waals surface area contributed by atoms with Crippen LogP contribution in [0.1, 0.15) is 55.2 Å². The molecule has 1 saturated heterocycles. The van der Waals surface area contributed by atoms with Gasteiger partial charge in [0.15, 0.2) is 0 Å². The minimum atomic E-state index is 0.0993. The molecule has 4 heteroatoms. The van der Waals surface area contributed by atoms with Gasteiger partial charge in [-0.25, -0.2) is 0 Å². The van der Waals surface area contributed by atoms with Crippen LogP contribution >= 0.6 is 0 Å². The standard InChI is InChI=1S/C22H28N2O2/c1-16-5-10-20(15-23-16)26-19-11-13-24(14-12-19)21(25)17-6-8-18(9-7-17)22(2,3)4/h5-10,15,19H,11-14H2,1-4H3. The molecule has 0 aliphatic carbocycles. The number of aryl methyl sites for hydroxylation is 1. The average molecular weight is 352 g/mol. The van der Waals surface area contributed by atoms with Gasteiger partial charge in [-0.3, -0.25) is 9.78 Å². The van der Waals surface area contributed by atoms with Crippen molar-refractivity contribution in [1.29, 1.82) is 0 Å². The van der Waals surface area contributed by atoms with E-state index in [0.29, 0.717) is 0 Å². The first kappa shape index (κ1) is 18.4. The first-order chi connectivity index (χ1) is 12.3. The van der Waals surface area contributed by atoms with Crippen LogP contribution in [-0.4, -0.2) is 35.0 Å². The lowest BCUT2D eigenvalue weighted by Gasteiger charge is -2.32. The molecule has 1 aliphatic rings. The van der Waals surface area contributed by atoms with Crippen LogP contribution in [0, 0.1) is 6.92 Å². The third-order valence-electron chi connectivity index (χ3n) is 4.91. The lowest BCUT2D eigenvalue weighted by Crippen LogP contribution is -2.41. The second kappa shape index (κ2) is 7.48. The summed E-state index contributed by atoms with van der Waals surface area (Å²) in [6, 6.07) is 11.9. The van der Waals surface area contributed by atoms with E-state index in [2.05, 4.69) is 37.9 Å². The SMILES string of the molecule is Cc1ccc(OC2CCN(C(=O)c3ccc(C(C)(C)C)cc3)CC2)cn1. The van der Waals surface area contributed by atoms with E-state index >= 15 is 0 Å². The van der Waals surface area contributed by atoms with Crippen molar-refractivity contribution in [3.63, 3.8) is 0 Å². The largest absolute Gasteiger partial charge is 0.489 e. The number of likely N-dealkylation sites (tertiary alicyclic amines) is 1. The number of piperidine rings is 1. The van der Waals surface area contributed by atoms with Crippen molar-refractivity contribution in [1.82, 2.24) is 9.88 Å². The van der Waals surface area contributed by atoms with Gasteiger partial charge in [0.05, 0.1) is 6.20 Å². The molecule has 1 aromatic heterocycles. The van der Waals surface area contributed by atoms with Crippen molar-refractivity contribution < 1.29 is 9.53 Å². The Morgan fingerprint density at radius 1 is 1.08 bits per heavy atom. The monoisotopic (exact) mass is 352 g/mol. The van der Waals surface area contributed by atoms with Gasteiger partial charge in [0.25, 0.3) is 5.91 Å². The number of hydrogen-bond acceptors (Lipinski definition) is 3. The summed E-state index contributed by atoms with van der Waals surface area (Å²) in [5, 5.41) is 0. The number of ether oxygens (including phenoxy) is 1. The molecule has 0 saturated carbocycles. The molecule has 1 amide bonds. The van der Waals surface area contributed by atoms with Gasteiger partial charge in [0.2, 0.25) is 0 Å². The first-order valence-corrected chi connectivity index (χ1v) is 9.32. The van der Waals surface area contributed by atoms with E-state index in [4.69, 9.17) is 4.74 Å². The Bertz CT molecular complexity index is 737. The summed E-state index contributed by atoms with van der Waals surface area (Å²) in [5.41, 5.74) is 3.09. The Kier molecular flexibility index (Phi) is 5.30. The minimum absolute atomic E-state index is 0.0993. The Hall–Kier alpha value is -2.36. The number of aromatic nitrogens is 1. The number of rotatable bonds is 3. The zero-order valence-corrected chi connectivity index (χ0v) is 16.2. The van der Waals surface area contributed by atoms with Crippen LogP contribution in [0.15, 0.2) is 42.6 Å². The number of pyridine rings is 1. The zero-order valence-electron chi connectivity index (χ0n) is 16.2. The summed E-state index contributed by atoms with van der Waals surface area (Å²) >= 11 is 0. The summed E-state index contributed by atoms with van der Waals surface area (Å²) < 4.78 is 6.00. The van der Waals surface area contributed by atoms with Crippen molar-refractivity contribution in [2.24, 2.45) is 0 Å². The molecule has 0 bridgehead atoms. The lowest BCUT2D eigenvalue weighted by atomic mass is 9.86. The van der Waals surface area contributed by atoms with Gasteiger partial charge >= 0.3 is 0 Å². The second-order valence-corrected chi connectivity index (χ2v) is 8.07. The topological polar surface area (TPSA) is 42.4 Å². The van der Waals surface area contributed by atoms with Crippen LogP contribution in [0.2, 0.25) is 0 Å². The third-order valence-corrected chi connectivity index (χ3v) is 4.91. The molecule has 3 rings (SSSR count). The lowest BCUT2D eigenvalue weighted by molar-refractivity contribution is 0.0595. The summed E-state index contributed by atoms with van der Waals surface area (Å²) in [6.45, 7) is 9.95. The van der Waals surface area contributed by atoms with E-state index in [0.717, 1.165) is 42.9 Å². The molecule has 1 aliphatic heterocycles. The van der Waals surface area contributed by atoms with E-state index in [1.165, 1.54) is 5.56 Å². The highest BCUT2D eigenvalue weighted by Gasteiger charge is 2.25. The Morgan fingerprint density at radius 2 is 1.73 bits per heavy atom. The summed E-state index contributed by atoms with van der Waals surface area (Å²) in [5.74, 6) is 0.916. The zero-order chi connectivity index (χ0) is 18.7. The van der Waals surface area contributed by atoms with E-state index in [-0.39, 0.29) is 17.4 Å². The normalized spacial score (nSPS) is 15.8. The Labute approximate surface area is 156 Å². The third kappa shape index (κ3) is 4.43. The van der Waals surface area contributed by atoms with E-state index in [1.807, 2.05) is 36.1 Å². The highest BCUT2D eigenvalue weighted by Crippen LogP contribution is 2.24. The molecule has 26 heavy (non-hydrogen) atoms. The summed E-state index contributed by atoms with van der Waals surface area (Å²) in [6.07, 6.45) is 3.61. The maximum atomic E-state index is 12.7. The quantitative estimate of drug-likeness (QED) is 0.824. The first-order valence-electron chi connectivity index (χ1n) is 9.32. The molecular formula is C22H28N2O2. The highest BCUT2D eigenvalue weighted by molar-refractivity contribution is 5.94. The Balaban J connectivity index is 1.55. The van der Waals surface area contributed by atoms with Gasteiger partial charge in [-0.15, -0.1) is 0 Å². The van der Waals surface area contributed by atoms with Crippen molar-refractivity contribution in [3.05, 3.63) is 59.4 Å². The molecule has 0 N–H and O–H groups in total. The van der Waals surface area contributed by atoms with Crippen LogP contribution in [0.3, 0.4) is 0 Å². The summed E-state index contributed by atoms with van der Waals surface area (Å²) in [4.78, 5) is 18.9. The number of carbonyl (C=O) groups excluding carboxylic acids is 1. The maximum Gasteiger partial charge on any atom is 0.253 e. The van der Waals surface area contributed by atoms with Crippen LogP contribution in [-0.2, 0) is 5.41 Å². The van der Waals surface area contributed by atoms with E-state index in [9.17, 15) is 4.79 Å². The average Bonchev–Trinajstić information content (AvgIpc) is 2.63. The van der Waals surface area contributed by atoms with Crippen molar-refractivity contribution in [3.8, 4) is 5.75 Å². The molecule has 138 valence electrons. The smallest absolute Gasteiger partial charge is 0.253 e. The number of amides is 1. The molecular weight excluding hydrogens is 324 g/mol. The predicted octanol–water partition coefficient (Wildman–Crippen LogP) is 4.37.